The Balaban J connectivity index is 2.86. The van der Waals surface area contributed by atoms with E-state index in [1.54, 1.807) is 0 Å². The first-order valence-electron chi connectivity index (χ1n) is 6.66. The van der Waals surface area contributed by atoms with Gasteiger partial charge in [0.1, 0.15) is 0 Å². The molecule has 0 aliphatic heterocycles. The maximum absolute atomic E-state index is 12.0. The molecule has 0 aromatic carbocycles. The van der Waals surface area contributed by atoms with E-state index in [1.807, 2.05) is 4.90 Å². The molecule has 4 heteroatoms. The highest BCUT2D eigenvalue weighted by molar-refractivity contribution is 5.78. The van der Waals surface area contributed by atoms with E-state index in [9.17, 15) is 4.79 Å². The molecule has 2 unspecified atom stereocenters. The second-order valence-electron chi connectivity index (χ2n) is 5.48. The van der Waals surface area contributed by atoms with Crippen molar-refractivity contribution in [1.82, 2.24) is 9.80 Å². The normalized spacial score (nSPS) is 25.4. The van der Waals surface area contributed by atoms with Gasteiger partial charge >= 0.3 is 0 Å². The van der Waals surface area contributed by atoms with Crippen molar-refractivity contribution in [2.45, 2.75) is 57.7 Å². The molecule has 1 aliphatic rings. The zero-order valence-electron chi connectivity index (χ0n) is 11.6. The fourth-order valence-corrected chi connectivity index (χ4v) is 2.98. The van der Waals surface area contributed by atoms with Gasteiger partial charge in [0.2, 0.25) is 5.91 Å². The first-order valence-corrected chi connectivity index (χ1v) is 6.66. The third kappa shape index (κ3) is 3.42. The average Bonchev–Trinajstić information content (AvgIpc) is 2.29. The third-order valence-corrected chi connectivity index (χ3v) is 3.73. The molecule has 1 saturated carbocycles. The standard InChI is InChI=1S/C13H27N3O/c1-10(2)16(13(17)9-14)12-8-6-5-7-11(12)15(3)4/h10-12H,5-9,14H2,1-4H3. The van der Waals surface area contributed by atoms with Gasteiger partial charge in [-0.1, -0.05) is 12.8 Å². The van der Waals surface area contributed by atoms with Crippen molar-refractivity contribution in [2.24, 2.45) is 5.73 Å². The lowest BCUT2D eigenvalue weighted by Crippen LogP contribution is -2.56. The summed E-state index contributed by atoms with van der Waals surface area (Å²) in [4.78, 5) is 16.3. The average molecular weight is 241 g/mol. The molecule has 0 saturated heterocycles. The first kappa shape index (κ1) is 14.5. The lowest BCUT2D eigenvalue weighted by Gasteiger charge is -2.44. The Morgan fingerprint density at radius 3 is 2.18 bits per heavy atom. The number of likely N-dealkylation sites (N-methyl/N-ethyl adjacent to an activating group) is 1. The predicted molar refractivity (Wildman–Crippen MR) is 70.8 cm³/mol. The highest BCUT2D eigenvalue weighted by Gasteiger charge is 2.34. The Bertz CT molecular complexity index is 253. The third-order valence-electron chi connectivity index (χ3n) is 3.73. The van der Waals surface area contributed by atoms with Gasteiger partial charge in [0.05, 0.1) is 6.54 Å². The van der Waals surface area contributed by atoms with Gasteiger partial charge in [-0.15, -0.1) is 0 Å². The summed E-state index contributed by atoms with van der Waals surface area (Å²) in [7, 11) is 4.21. The van der Waals surface area contributed by atoms with Gasteiger partial charge < -0.3 is 15.5 Å². The Kier molecular flexibility index (Phi) is 5.40. The second kappa shape index (κ2) is 6.36. The molecule has 0 aromatic rings. The van der Waals surface area contributed by atoms with Crippen LogP contribution in [0.5, 0.6) is 0 Å². The molecule has 2 atom stereocenters. The summed E-state index contributed by atoms with van der Waals surface area (Å²) in [6.45, 7) is 4.28. The van der Waals surface area contributed by atoms with E-state index < -0.39 is 0 Å². The van der Waals surface area contributed by atoms with Crippen LogP contribution in [-0.4, -0.2) is 54.5 Å². The summed E-state index contributed by atoms with van der Waals surface area (Å²) >= 11 is 0. The Labute approximate surface area is 105 Å². The van der Waals surface area contributed by atoms with Gasteiger partial charge in [0.15, 0.2) is 0 Å². The summed E-state index contributed by atoms with van der Waals surface area (Å²) in [6, 6.07) is 1.04. The van der Waals surface area contributed by atoms with E-state index in [1.165, 1.54) is 19.3 Å². The second-order valence-corrected chi connectivity index (χ2v) is 5.48. The molecule has 4 nitrogen and oxygen atoms in total. The van der Waals surface area contributed by atoms with Gasteiger partial charge in [-0.05, 0) is 40.8 Å². The van der Waals surface area contributed by atoms with Crippen LogP contribution in [0.3, 0.4) is 0 Å². The minimum atomic E-state index is 0.0822. The summed E-state index contributed by atoms with van der Waals surface area (Å²) in [5.41, 5.74) is 5.53. The number of hydrogen-bond donors (Lipinski definition) is 1. The Morgan fingerprint density at radius 1 is 1.24 bits per heavy atom. The van der Waals surface area contributed by atoms with E-state index in [-0.39, 0.29) is 18.5 Å². The molecular formula is C13H27N3O. The number of amides is 1. The van der Waals surface area contributed by atoms with Crippen LogP contribution in [0.4, 0.5) is 0 Å². The zero-order valence-corrected chi connectivity index (χ0v) is 11.6. The van der Waals surface area contributed by atoms with Gasteiger partial charge in [-0.25, -0.2) is 0 Å². The van der Waals surface area contributed by atoms with Crippen molar-refractivity contribution >= 4 is 5.91 Å². The molecule has 0 spiro atoms. The maximum Gasteiger partial charge on any atom is 0.236 e. The monoisotopic (exact) mass is 241 g/mol. The summed E-state index contributed by atoms with van der Waals surface area (Å²) in [6.07, 6.45) is 4.77. The van der Waals surface area contributed by atoms with E-state index in [0.717, 1.165) is 6.42 Å². The van der Waals surface area contributed by atoms with Crippen LogP contribution < -0.4 is 5.73 Å². The van der Waals surface area contributed by atoms with E-state index >= 15 is 0 Å². The van der Waals surface area contributed by atoms with Gasteiger partial charge in [-0.3, -0.25) is 4.79 Å². The van der Waals surface area contributed by atoms with Crippen LogP contribution in [0.25, 0.3) is 0 Å². The molecular weight excluding hydrogens is 214 g/mol. The smallest absolute Gasteiger partial charge is 0.236 e. The highest BCUT2D eigenvalue weighted by atomic mass is 16.2. The van der Waals surface area contributed by atoms with Crippen LogP contribution in [0.15, 0.2) is 0 Å². The van der Waals surface area contributed by atoms with Crippen LogP contribution in [-0.2, 0) is 4.79 Å². The van der Waals surface area contributed by atoms with Crippen LogP contribution in [0.1, 0.15) is 39.5 Å². The minimum absolute atomic E-state index is 0.0822. The van der Waals surface area contributed by atoms with Crippen molar-refractivity contribution in [3.8, 4) is 0 Å². The molecule has 2 N–H and O–H groups in total. The van der Waals surface area contributed by atoms with Gasteiger partial charge in [0, 0.05) is 18.1 Å². The Hall–Kier alpha value is -0.610. The lowest BCUT2D eigenvalue weighted by molar-refractivity contribution is -0.136. The predicted octanol–water partition coefficient (Wildman–Crippen LogP) is 1.05. The fraction of sp³-hybridized carbons (Fsp3) is 0.923. The number of rotatable bonds is 4. The summed E-state index contributed by atoms with van der Waals surface area (Å²) in [5.74, 6) is 0.0822. The molecule has 1 fully saturated rings. The molecule has 0 heterocycles. The number of nitrogens with zero attached hydrogens (tertiary/aromatic N) is 2. The Morgan fingerprint density at radius 2 is 1.76 bits per heavy atom. The maximum atomic E-state index is 12.0. The zero-order chi connectivity index (χ0) is 13.0. The minimum Gasteiger partial charge on any atom is -0.335 e. The summed E-state index contributed by atoms with van der Waals surface area (Å²) < 4.78 is 0. The van der Waals surface area contributed by atoms with Crippen LogP contribution in [0.2, 0.25) is 0 Å². The SMILES string of the molecule is CC(C)N(C(=O)CN)C1CCCCC1N(C)C. The molecule has 1 rings (SSSR count). The van der Waals surface area contributed by atoms with Crippen LogP contribution >= 0.6 is 0 Å². The molecule has 17 heavy (non-hydrogen) atoms. The van der Waals surface area contributed by atoms with Crippen molar-refractivity contribution in [2.75, 3.05) is 20.6 Å². The molecule has 0 aromatic heterocycles. The number of carbonyl (C=O) groups is 1. The van der Waals surface area contributed by atoms with E-state index in [4.69, 9.17) is 5.73 Å². The van der Waals surface area contributed by atoms with Crippen molar-refractivity contribution in [3.05, 3.63) is 0 Å². The largest absolute Gasteiger partial charge is 0.335 e. The van der Waals surface area contributed by atoms with Gasteiger partial charge in [-0.2, -0.15) is 0 Å². The molecule has 0 bridgehead atoms. The van der Waals surface area contributed by atoms with E-state index in [0.29, 0.717) is 12.1 Å². The fourth-order valence-electron chi connectivity index (χ4n) is 2.98. The quantitative estimate of drug-likeness (QED) is 0.800. The van der Waals surface area contributed by atoms with Crippen molar-refractivity contribution in [1.29, 1.82) is 0 Å². The molecule has 1 amide bonds. The topological polar surface area (TPSA) is 49.6 Å². The number of nitrogens with two attached hydrogens (primary N) is 1. The molecule has 1 aliphatic carbocycles. The number of carbonyl (C=O) groups excluding carboxylic acids is 1. The van der Waals surface area contributed by atoms with Crippen LogP contribution in [0, 0.1) is 0 Å². The van der Waals surface area contributed by atoms with Gasteiger partial charge in [0.25, 0.3) is 0 Å². The molecule has 100 valence electrons. The highest BCUT2D eigenvalue weighted by Crippen LogP contribution is 2.27. The summed E-state index contributed by atoms with van der Waals surface area (Å²) in [5, 5.41) is 0. The van der Waals surface area contributed by atoms with E-state index in [2.05, 4.69) is 32.8 Å². The first-order chi connectivity index (χ1) is 7.99. The molecule has 0 radical (unpaired) electrons. The van der Waals surface area contributed by atoms with Crippen molar-refractivity contribution < 1.29 is 4.79 Å². The van der Waals surface area contributed by atoms with Crippen molar-refractivity contribution in [3.63, 3.8) is 0 Å². The number of hydrogen-bond acceptors (Lipinski definition) is 3. The lowest BCUT2D eigenvalue weighted by atomic mass is 9.87.